The third kappa shape index (κ3) is 2.89. The number of hydrogen-bond donors (Lipinski definition) is 1. The van der Waals surface area contributed by atoms with Crippen LogP contribution in [0.4, 0.5) is 0 Å². The number of aromatic nitrogens is 2. The van der Waals surface area contributed by atoms with E-state index in [1.807, 2.05) is 18.7 Å². The van der Waals surface area contributed by atoms with Gasteiger partial charge in [0.1, 0.15) is 0 Å². The molecule has 1 aliphatic carbocycles. The van der Waals surface area contributed by atoms with Gasteiger partial charge in [-0.1, -0.05) is 0 Å². The van der Waals surface area contributed by atoms with Crippen molar-refractivity contribution >= 4 is 15.9 Å². The Balaban J connectivity index is 1.80. The number of halogens is 1. The Morgan fingerprint density at radius 2 is 2.24 bits per heavy atom. The van der Waals surface area contributed by atoms with Crippen LogP contribution in [0.1, 0.15) is 31.2 Å². The highest BCUT2D eigenvalue weighted by Crippen LogP contribution is 2.25. The molecule has 0 spiro atoms. The molecule has 4 nitrogen and oxygen atoms in total. The van der Waals surface area contributed by atoms with Crippen LogP contribution in [0.5, 0.6) is 0 Å². The van der Waals surface area contributed by atoms with Gasteiger partial charge in [-0.3, -0.25) is 4.68 Å². The van der Waals surface area contributed by atoms with E-state index in [4.69, 9.17) is 4.74 Å². The van der Waals surface area contributed by atoms with E-state index in [2.05, 4.69) is 33.3 Å². The maximum absolute atomic E-state index is 5.54. The first-order valence-electron chi connectivity index (χ1n) is 6.14. The molecule has 0 unspecified atom stereocenters. The summed E-state index contributed by atoms with van der Waals surface area (Å²) in [7, 11) is 1.98. The van der Waals surface area contributed by atoms with Gasteiger partial charge in [-0.2, -0.15) is 5.10 Å². The highest BCUT2D eigenvalue weighted by atomic mass is 79.9. The highest BCUT2D eigenvalue weighted by molar-refractivity contribution is 9.10. The molecule has 1 aliphatic rings. The van der Waals surface area contributed by atoms with Crippen LogP contribution >= 0.6 is 15.9 Å². The Morgan fingerprint density at radius 1 is 1.53 bits per heavy atom. The third-order valence-corrected chi connectivity index (χ3v) is 4.35. The van der Waals surface area contributed by atoms with Crippen LogP contribution in [-0.4, -0.2) is 28.5 Å². The largest absolute Gasteiger partial charge is 0.378 e. The lowest BCUT2D eigenvalue weighted by molar-refractivity contribution is -0.0103. The summed E-state index contributed by atoms with van der Waals surface area (Å²) in [4.78, 5) is 0. The van der Waals surface area contributed by atoms with E-state index in [-0.39, 0.29) is 0 Å². The standard InChI is InChI=1S/C12H20BrN3O/c1-4-17-10-5-9(6-10)14-7-11-12(13)8(2)15-16(11)3/h9-10,14H,4-7H2,1-3H3. The van der Waals surface area contributed by atoms with Gasteiger partial charge in [0.15, 0.2) is 0 Å². The summed E-state index contributed by atoms with van der Waals surface area (Å²) < 4.78 is 8.60. The zero-order chi connectivity index (χ0) is 12.4. The molecule has 1 saturated carbocycles. The molecular weight excluding hydrogens is 282 g/mol. The van der Waals surface area contributed by atoms with Gasteiger partial charge in [0.25, 0.3) is 0 Å². The summed E-state index contributed by atoms with van der Waals surface area (Å²) in [5.41, 5.74) is 2.26. The summed E-state index contributed by atoms with van der Waals surface area (Å²) >= 11 is 3.58. The van der Waals surface area contributed by atoms with Crippen LogP contribution in [0.15, 0.2) is 4.47 Å². The lowest BCUT2D eigenvalue weighted by atomic mass is 9.89. The number of hydrogen-bond acceptors (Lipinski definition) is 3. The Hall–Kier alpha value is -0.390. The second-order valence-corrected chi connectivity index (χ2v) is 5.39. The molecule has 1 N–H and O–H groups in total. The van der Waals surface area contributed by atoms with Crippen molar-refractivity contribution in [2.45, 2.75) is 45.4 Å². The van der Waals surface area contributed by atoms with Gasteiger partial charge in [0, 0.05) is 26.2 Å². The maximum atomic E-state index is 5.54. The molecule has 0 radical (unpaired) electrons. The van der Waals surface area contributed by atoms with Crippen molar-refractivity contribution in [2.75, 3.05) is 6.61 Å². The van der Waals surface area contributed by atoms with Gasteiger partial charge >= 0.3 is 0 Å². The summed E-state index contributed by atoms with van der Waals surface area (Å²) in [6.45, 7) is 5.75. The third-order valence-electron chi connectivity index (χ3n) is 3.32. The van der Waals surface area contributed by atoms with Crippen LogP contribution in [0.3, 0.4) is 0 Å². The zero-order valence-electron chi connectivity index (χ0n) is 10.7. The van der Waals surface area contributed by atoms with Gasteiger partial charge in [0.2, 0.25) is 0 Å². The smallest absolute Gasteiger partial charge is 0.0739 e. The Morgan fingerprint density at radius 3 is 2.76 bits per heavy atom. The minimum Gasteiger partial charge on any atom is -0.378 e. The van der Waals surface area contributed by atoms with Gasteiger partial charge in [-0.25, -0.2) is 0 Å². The Bertz CT molecular complexity index is 385. The molecule has 1 aromatic heterocycles. The molecule has 5 heteroatoms. The van der Waals surface area contributed by atoms with Crippen molar-refractivity contribution in [3.05, 3.63) is 15.9 Å². The minimum absolute atomic E-state index is 0.467. The van der Waals surface area contributed by atoms with Crippen molar-refractivity contribution in [3.63, 3.8) is 0 Å². The van der Waals surface area contributed by atoms with Crippen LogP contribution in [0, 0.1) is 6.92 Å². The summed E-state index contributed by atoms with van der Waals surface area (Å²) in [5.74, 6) is 0. The minimum atomic E-state index is 0.467. The fourth-order valence-electron chi connectivity index (χ4n) is 2.22. The van der Waals surface area contributed by atoms with Gasteiger partial charge in [-0.05, 0) is 42.6 Å². The molecule has 2 rings (SSSR count). The van der Waals surface area contributed by atoms with E-state index >= 15 is 0 Å². The molecule has 1 aromatic rings. The highest BCUT2D eigenvalue weighted by Gasteiger charge is 2.29. The van der Waals surface area contributed by atoms with Crippen molar-refractivity contribution < 1.29 is 4.74 Å². The summed E-state index contributed by atoms with van der Waals surface area (Å²) in [5, 5.41) is 7.93. The van der Waals surface area contributed by atoms with E-state index in [0.29, 0.717) is 12.1 Å². The van der Waals surface area contributed by atoms with Gasteiger partial charge in [-0.15, -0.1) is 0 Å². The van der Waals surface area contributed by atoms with Gasteiger partial charge in [0.05, 0.1) is 22.0 Å². The summed E-state index contributed by atoms with van der Waals surface area (Å²) in [6.07, 6.45) is 2.72. The fraction of sp³-hybridized carbons (Fsp3) is 0.750. The quantitative estimate of drug-likeness (QED) is 0.906. The average molecular weight is 302 g/mol. The monoisotopic (exact) mass is 301 g/mol. The molecule has 96 valence electrons. The Kier molecular flexibility index (Phi) is 4.22. The fourth-order valence-corrected chi connectivity index (χ4v) is 2.69. The van der Waals surface area contributed by atoms with E-state index in [0.717, 1.165) is 36.2 Å². The molecule has 0 saturated heterocycles. The first-order valence-corrected chi connectivity index (χ1v) is 6.94. The predicted molar refractivity (Wildman–Crippen MR) is 70.9 cm³/mol. The van der Waals surface area contributed by atoms with E-state index < -0.39 is 0 Å². The van der Waals surface area contributed by atoms with Crippen LogP contribution in [-0.2, 0) is 18.3 Å². The molecule has 0 aliphatic heterocycles. The second kappa shape index (κ2) is 5.50. The molecule has 1 fully saturated rings. The number of ether oxygens (including phenoxy) is 1. The molecule has 0 bridgehead atoms. The number of rotatable bonds is 5. The van der Waals surface area contributed by atoms with Crippen LogP contribution in [0.25, 0.3) is 0 Å². The zero-order valence-corrected chi connectivity index (χ0v) is 12.2. The topological polar surface area (TPSA) is 39.1 Å². The van der Waals surface area contributed by atoms with E-state index in [1.165, 1.54) is 5.69 Å². The maximum Gasteiger partial charge on any atom is 0.0739 e. The predicted octanol–water partition coefficient (Wildman–Crippen LogP) is 2.15. The Labute approximate surface area is 111 Å². The molecule has 1 heterocycles. The first kappa shape index (κ1) is 13.1. The molecule has 17 heavy (non-hydrogen) atoms. The van der Waals surface area contributed by atoms with E-state index in [9.17, 15) is 0 Å². The number of nitrogens with zero attached hydrogens (tertiary/aromatic N) is 2. The second-order valence-electron chi connectivity index (χ2n) is 4.60. The first-order chi connectivity index (χ1) is 8.11. The van der Waals surface area contributed by atoms with Crippen molar-refractivity contribution in [1.82, 2.24) is 15.1 Å². The molecular formula is C12H20BrN3O. The molecule has 0 amide bonds. The van der Waals surface area contributed by atoms with Crippen molar-refractivity contribution in [2.24, 2.45) is 7.05 Å². The molecule has 0 atom stereocenters. The SMILES string of the molecule is CCOC1CC(NCc2c(Br)c(C)nn2C)C1. The van der Waals surface area contributed by atoms with E-state index in [1.54, 1.807) is 0 Å². The van der Waals surface area contributed by atoms with Crippen LogP contribution < -0.4 is 5.32 Å². The molecule has 0 aromatic carbocycles. The van der Waals surface area contributed by atoms with Crippen molar-refractivity contribution in [3.8, 4) is 0 Å². The lowest BCUT2D eigenvalue weighted by Gasteiger charge is -2.35. The van der Waals surface area contributed by atoms with Crippen LogP contribution in [0.2, 0.25) is 0 Å². The summed E-state index contributed by atoms with van der Waals surface area (Å²) in [6, 6.07) is 0.591. The normalized spacial score (nSPS) is 23.8. The van der Waals surface area contributed by atoms with Gasteiger partial charge < -0.3 is 10.1 Å². The lowest BCUT2D eigenvalue weighted by Crippen LogP contribution is -2.45. The number of aryl methyl sites for hydroxylation is 2. The average Bonchev–Trinajstić information content (AvgIpc) is 2.47. The number of nitrogens with one attached hydrogen (secondary N) is 1. The van der Waals surface area contributed by atoms with Crippen molar-refractivity contribution in [1.29, 1.82) is 0 Å².